The van der Waals surface area contributed by atoms with Crippen LogP contribution in [0.25, 0.3) is 0 Å². The lowest BCUT2D eigenvalue weighted by Crippen LogP contribution is -2.53. The predicted octanol–water partition coefficient (Wildman–Crippen LogP) is 1.83. The first-order chi connectivity index (χ1) is 8.58. The van der Waals surface area contributed by atoms with Crippen molar-refractivity contribution in [3.8, 4) is 0 Å². The zero-order chi connectivity index (χ0) is 13.4. The van der Waals surface area contributed by atoms with Gasteiger partial charge in [-0.25, -0.2) is 0 Å². The Balaban J connectivity index is 2.09. The summed E-state index contributed by atoms with van der Waals surface area (Å²) in [7, 11) is 0. The predicted molar refractivity (Wildman–Crippen MR) is 73.3 cm³/mol. The van der Waals surface area contributed by atoms with Crippen LogP contribution in [0.4, 0.5) is 0 Å². The number of amides is 1. The SMILES string of the molecule is CCCNC(C)(CCCCOCC1CC1)C(N)=O. The summed E-state index contributed by atoms with van der Waals surface area (Å²) >= 11 is 0. The highest BCUT2D eigenvalue weighted by Gasteiger charge is 2.29. The van der Waals surface area contributed by atoms with Gasteiger partial charge in [-0.15, -0.1) is 0 Å². The van der Waals surface area contributed by atoms with E-state index in [0.29, 0.717) is 0 Å². The molecule has 4 nitrogen and oxygen atoms in total. The maximum absolute atomic E-state index is 11.5. The van der Waals surface area contributed by atoms with Crippen LogP contribution in [-0.4, -0.2) is 31.2 Å². The average Bonchev–Trinajstić information content (AvgIpc) is 3.14. The Morgan fingerprint density at radius 2 is 2.17 bits per heavy atom. The molecular formula is C14H28N2O2. The molecule has 0 radical (unpaired) electrons. The third-order valence-electron chi connectivity index (χ3n) is 3.57. The van der Waals surface area contributed by atoms with E-state index in [1.807, 2.05) is 6.92 Å². The van der Waals surface area contributed by atoms with Gasteiger partial charge in [0.05, 0.1) is 5.54 Å². The summed E-state index contributed by atoms with van der Waals surface area (Å²) in [6.07, 6.45) is 6.44. The van der Waals surface area contributed by atoms with Crippen LogP contribution in [0.15, 0.2) is 0 Å². The van der Waals surface area contributed by atoms with E-state index in [2.05, 4.69) is 12.2 Å². The molecule has 0 spiro atoms. The molecule has 0 aromatic rings. The number of nitrogens with one attached hydrogen (secondary N) is 1. The van der Waals surface area contributed by atoms with Gasteiger partial charge in [-0.1, -0.05) is 6.92 Å². The molecule has 1 rings (SSSR count). The number of unbranched alkanes of at least 4 members (excludes halogenated alkanes) is 1. The topological polar surface area (TPSA) is 64.3 Å². The minimum Gasteiger partial charge on any atom is -0.381 e. The Hall–Kier alpha value is -0.610. The molecule has 1 saturated carbocycles. The van der Waals surface area contributed by atoms with Crippen LogP contribution < -0.4 is 11.1 Å². The van der Waals surface area contributed by atoms with Gasteiger partial charge in [0.15, 0.2) is 0 Å². The lowest BCUT2D eigenvalue weighted by Gasteiger charge is -2.27. The van der Waals surface area contributed by atoms with Crippen molar-refractivity contribution in [3.05, 3.63) is 0 Å². The van der Waals surface area contributed by atoms with Gasteiger partial charge < -0.3 is 15.8 Å². The summed E-state index contributed by atoms with van der Waals surface area (Å²) in [5.74, 6) is 0.571. The molecule has 0 aromatic heterocycles. The molecule has 0 heterocycles. The van der Waals surface area contributed by atoms with Crippen LogP contribution in [0.5, 0.6) is 0 Å². The number of primary amides is 1. The third kappa shape index (κ3) is 5.83. The maximum Gasteiger partial charge on any atom is 0.237 e. The summed E-state index contributed by atoms with van der Waals surface area (Å²) in [4.78, 5) is 11.5. The summed E-state index contributed by atoms with van der Waals surface area (Å²) < 4.78 is 5.58. The smallest absolute Gasteiger partial charge is 0.237 e. The minimum absolute atomic E-state index is 0.255. The Morgan fingerprint density at radius 3 is 2.72 bits per heavy atom. The molecule has 4 heteroatoms. The van der Waals surface area contributed by atoms with Crippen LogP contribution in [0.3, 0.4) is 0 Å². The first kappa shape index (κ1) is 15.4. The van der Waals surface area contributed by atoms with E-state index in [4.69, 9.17) is 10.5 Å². The van der Waals surface area contributed by atoms with Crippen molar-refractivity contribution < 1.29 is 9.53 Å². The van der Waals surface area contributed by atoms with E-state index in [-0.39, 0.29) is 5.91 Å². The van der Waals surface area contributed by atoms with Crippen LogP contribution >= 0.6 is 0 Å². The zero-order valence-corrected chi connectivity index (χ0v) is 11.8. The second-order valence-corrected chi connectivity index (χ2v) is 5.60. The van der Waals surface area contributed by atoms with Crippen molar-refractivity contribution in [2.75, 3.05) is 19.8 Å². The van der Waals surface area contributed by atoms with Crippen LogP contribution in [0.1, 0.15) is 52.4 Å². The standard InChI is InChI=1S/C14H28N2O2/c1-3-9-16-14(2,13(15)17)8-4-5-10-18-11-12-6-7-12/h12,16H,3-11H2,1-2H3,(H2,15,17). The summed E-state index contributed by atoms with van der Waals surface area (Å²) in [6, 6.07) is 0. The van der Waals surface area contributed by atoms with E-state index < -0.39 is 5.54 Å². The third-order valence-corrected chi connectivity index (χ3v) is 3.57. The Bertz CT molecular complexity index is 254. The molecule has 1 amide bonds. The maximum atomic E-state index is 11.5. The molecule has 106 valence electrons. The van der Waals surface area contributed by atoms with Gasteiger partial charge >= 0.3 is 0 Å². The molecule has 18 heavy (non-hydrogen) atoms. The van der Waals surface area contributed by atoms with E-state index in [9.17, 15) is 4.79 Å². The molecule has 1 aliphatic rings. The van der Waals surface area contributed by atoms with E-state index in [1.54, 1.807) is 0 Å². The van der Waals surface area contributed by atoms with Crippen LogP contribution in [-0.2, 0) is 9.53 Å². The fraction of sp³-hybridized carbons (Fsp3) is 0.929. The second-order valence-electron chi connectivity index (χ2n) is 5.60. The van der Waals surface area contributed by atoms with Gasteiger partial charge in [0.2, 0.25) is 5.91 Å². The lowest BCUT2D eigenvalue weighted by atomic mass is 9.94. The van der Waals surface area contributed by atoms with Crippen molar-refractivity contribution in [3.63, 3.8) is 0 Å². The van der Waals surface area contributed by atoms with E-state index in [0.717, 1.165) is 51.4 Å². The molecule has 0 aromatic carbocycles. The molecule has 0 aliphatic heterocycles. The number of rotatable bonds is 11. The first-order valence-electron chi connectivity index (χ1n) is 7.21. The summed E-state index contributed by atoms with van der Waals surface area (Å²) in [5, 5.41) is 3.25. The van der Waals surface area contributed by atoms with Gasteiger partial charge in [-0.05, 0) is 57.9 Å². The highest BCUT2D eigenvalue weighted by molar-refractivity contribution is 5.84. The van der Waals surface area contributed by atoms with Gasteiger partial charge in [-0.3, -0.25) is 4.79 Å². The van der Waals surface area contributed by atoms with Crippen molar-refractivity contribution in [2.24, 2.45) is 11.7 Å². The molecule has 1 atom stereocenters. The lowest BCUT2D eigenvalue weighted by molar-refractivity contribution is -0.124. The number of ether oxygens (including phenoxy) is 1. The number of carbonyl (C=O) groups is 1. The molecule has 0 saturated heterocycles. The number of carbonyl (C=O) groups excluding carboxylic acids is 1. The Kier molecular flexibility index (Phi) is 6.65. The zero-order valence-electron chi connectivity index (χ0n) is 11.8. The van der Waals surface area contributed by atoms with Crippen molar-refractivity contribution in [1.29, 1.82) is 0 Å². The largest absolute Gasteiger partial charge is 0.381 e. The highest BCUT2D eigenvalue weighted by Crippen LogP contribution is 2.28. The van der Waals surface area contributed by atoms with Crippen LogP contribution in [0.2, 0.25) is 0 Å². The number of nitrogens with two attached hydrogens (primary N) is 1. The summed E-state index contributed by atoms with van der Waals surface area (Å²) in [6.45, 7) is 6.54. The fourth-order valence-corrected chi connectivity index (χ4v) is 1.92. The molecule has 1 aliphatic carbocycles. The highest BCUT2D eigenvalue weighted by atomic mass is 16.5. The minimum atomic E-state index is -0.563. The van der Waals surface area contributed by atoms with Crippen molar-refractivity contribution in [2.45, 2.75) is 57.9 Å². The molecule has 1 unspecified atom stereocenters. The average molecular weight is 256 g/mol. The number of hydrogen-bond acceptors (Lipinski definition) is 3. The van der Waals surface area contributed by atoms with E-state index >= 15 is 0 Å². The van der Waals surface area contributed by atoms with Crippen LogP contribution in [0, 0.1) is 5.92 Å². The Morgan fingerprint density at radius 1 is 1.44 bits per heavy atom. The van der Waals surface area contributed by atoms with Crippen molar-refractivity contribution in [1.82, 2.24) is 5.32 Å². The quantitative estimate of drug-likeness (QED) is 0.554. The Labute approximate surface area is 111 Å². The molecule has 1 fully saturated rings. The van der Waals surface area contributed by atoms with Gasteiger partial charge in [0.25, 0.3) is 0 Å². The monoisotopic (exact) mass is 256 g/mol. The van der Waals surface area contributed by atoms with Gasteiger partial charge in [0, 0.05) is 13.2 Å². The first-order valence-corrected chi connectivity index (χ1v) is 7.21. The molecule has 0 bridgehead atoms. The van der Waals surface area contributed by atoms with Gasteiger partial charge in [0.1, 0.15) is 0 Å². The molecular weight excluding hydrogens is 228 g/mol. The molecule has 3 N–H and O–H groups in total. The van der Waals surface area contributed by atoms with Crippen molar-refractivity contribution >= 4 is 5.91 Å². The van der Waals surface area contributed by atoms with Gasteiger partial charge in [-0.2, -0.15) is 0 Å². The number of hydrogen-bond donors (Lipinski definition) is 2. The second kappa shape index (κ2) is 7.74. The fourth-order valence-electron chi connectivity index (χ4n) is 1.92. The normalized spacial score (nSPS) is 18.6. The van der Waals surface area contributed by atoms with E-state index in [1.165, 1.54) is 12.8 Å². The summed E-state index contributed by atoms with van der Waals surface area (Å²) in [5.41, 5.74) is 4.90.